The molecule has 0 aliphatic rings. The summed E-state index contributed by atoms with van der Waals surface area (Å²) in [5, 5.41) is 0. The molecule has 0 amide bonds. The zero-order valence-electron chi connectivity index (χ0n) is 8.75. The third-order valence-corrected chi connectivity index (χ3v) is 4.04. The molecule has 0 bridgehead atoms. The summed E-state index contributed by atoms with van der Waals surface area (Å²) in [6.45, 7) is 0. The van der Waals surface area contributed by atoms with Crippen molar-refractivity contribution in [3.63, 3.8) is 0 Å². The molecule has 0 heterocycles. The summed E-state index contributed by atoms with van der Waals surface area (Å²) in [5.41, 5.74) is -1.14. The van der Waals surface area contributed by atoms with E-state index in [9.17, 15) is 35.1 Å². The quantitative estimate of drug-likeness (QED) is 0.255. The predicted octanol–water partition coefficient (Wildman–Crippen LogP) is 4.83. The van der Waals surface area contributed by atoms with Crippen molar-refractivity contribution in [3.05, 3.63) is 34.6 Å². The predicted molar refractivity (Wildman–Crippen MR) is 56.0 cm³/mol. The molecule has 0 atom stereocenters. The maximum Gasteiger partial charge on any atom is 0.398 e. The van der Waals surface area contributed by atoms with Gasteiger partial charge in [0.1, 0.15) is 0 Å². The van der Waals surface area contributed by atoms with Crippen molar-refractivity contribution in [2.24, 2.45) is 0 Å². The smallest absolute Gasteiger partial charge is 0.203 e. The van der Waals surface area contributed by atoms with Gasteiger partial charge in [0.2, 0.25) is 5.82 Å². The van der Waals surface area contributed by atoms with Gasteiger partial charge in [-0.15, -0.1) is 0 Å². The summed E-state index contributed by atoms with van der Waals surface area (Å²) in [4.78, 5) is 0. The minimum atomic E-state index is -4.48. The van der Waals surface area contributed by atoms with Crippen LogP contribution in [0, 0.1) is 29.1 Å². The lowest BCUT2D eigenvalue weighted by Crippen LogP contribution is -2.10. The van der Waals surface area contributed by atoms with Gasteiger partial charge >= 0.3 is 6.18 Å². The molecule has 0 fully saturated rings. The molecule has 10 heteroatoms. The zero-order chi connectivity index (χ0) is 14.8. The van der Waals surface area contributed by atoms with Crippen LogP contribution in [-0.4, -0.2) is 11.9 Å². The Balaban J connectivity index is 2.80. The summed E-state index contributed by atoms with van der Waals surface area (Å²) in [5.74, 6) is -12.7. The molecule has 0 aliphatic heterocycles. The first kappa shape index (κ1) is 16.4. The summed E-state index contributed by atoms with van der Waals surface area (Å²) in [6, 6.07) is 0. The third kappa shape index (κ3) is 4.16. The molecule has 0 saturated carbocycles. The number of halogens is 8. The highest BCUT2D eigenvalue weighted by Crippen LogP contribution is 2.34. The van der Waals surface area contributed by atoms with E-state index >= 15 is 0 Å². The van der Waals surface area contributed by atoms with Gasteiger partial charge in [-0.25, -0.2) is 22.0 Å². The number of hydrogen-bond donors (Lipinski definition) is 0. The first-order valence-corrected chi connectivity index (χ1v) is 6.95. The molecule has 0 radical (unpaired) electrons. The van der Waals surface area contributed by atoms with E-state index in [4.69, 9.17) is 0 Å². The first-order valence-electron chi connectivity index (χ1n) is 4.46. The molecule has 0 N–H and O–H groups in total. The molecule has 108 valence electrons. The van der Waals surface area contributed by atoms with Crippen molar-refractivity contribution in [1.29, 1.82) is 0 Å². The topological polar surface area (TPSA) is 0 Å². The van der Waals surface area contributed by atoms with Crippen LogP contribution in [-0.2, 0) is 5.75 Å². The molecule has 1 aromatic carbocycles. The molecule has 0 nitrogen and oxygen atoms in total. The van der Waals surface area contributed by atoms with E-state index in [0.29, 0.717) is 10.8 Å². The third-order valence-electron chi connectivity index (χ3n) is 1.81. The minimum absolute atomic E-state index is 0.208. The average Bonchev–Trinajstić information content (AvgIpc) is 2.32. The van der Waals surface area contributed by atoms with Gasteiger partial charge in [0.15, 0.2) is 23.3 Å². The van der Waals surface area contributed by atoms with Crippen molar-refractivity contribution >= 4 is 21.6 Å². The highest BCUT2D eigenvalue weighted by Gasteiger charge is 2.28. The Morgan fingerprint density at radius 1 is 0.684 bits per heavy atom. The Bertz CT molecular complexity index is 441. The van der Waals surface area contributed by atoms with Crippen molar-refractivity contribution in [3.8, 4) is 0 Å². The van der Waals surface area contributed by atoms with E-state index in [1.807, 2.05) is 0 Å². The largest absolute Gasteiger partial charge is 0.398 e. The second-order valence-electron chi connectivity index (χ2n) is 3.19. The van der Waals surface area contributed by atoms with Gasteiger partial charge in [-0.2, -0.15) is 13.2 Å². The zero-order valence-corrected chi connectivity index (χ0v) is 10.4. The number of hydrogen-bond acceptors (Lipinski definition) is 2. The van der Waals surface area contributed by atoms with Crippen molar-refractivity contribution in [2.45, 2.75) is 11.9 Å². The van der Waals surface area contributed by atoms with Gasteiger partial charge in [-0.3, -0.25) is 0 Å². The number of alkyl halides is 3. The molecule has 0 aliphatic carbocycles. The Labute approximate surface area is 109 Å². The van der Waals surface area contributed by atoms with Crippen LogP contribution in [0.4, 0.5) is 35.1 Å². The van der Waals surface area contributed by atoms with Gasteiger partial charge in [0.25, 0.3) is 0 Å². The maximum atomic E-state index is 13.1. The molecular weight excluding hydrogens is 324 g/mol. The standard InChI is InChI=1S/C9H4F8S2/c10-4-3(1-18-19-2-9(15,16)17)5(11)7(13)8(14)6(4)12/h1-2H2. The van der Waals surface area contributed by atoms with E-state index in [1.165, 1.54) is 0 Å². The van der Waals surface area contributed by atoms with Crippen LogP contribution in [0.25, 0.3) is 0 Å². The fourth-order valence-electron chi connectivity index (χ4n) is 0.986. The molecule has 1 rings (SSSR count). The van der Waals surface area contributed by atoms with E-state index < -0.39 is 52.3 Å². The minimum Gasteiger partial charge on any atom is -0.203 e. The van der Waals surface area contributed by atoms with E-state index in [0.717, 1.165) is 0 Å². The van der Waals surface area contributed by atoms with Crippen LogP contribution in [0.15, 0.2) is 0 Å². The van der Waals surface area contributed by atoms with E-state index in [-0.39, 0.29) is 10.8 Å². The van der Waals surface area contributed by atoms with Crippen molar-refractivity contribution in [2.75, 3.05) is 5.75 Å². The highest BCUT2D eigenvalue weighted by molar-refractivity contribution is 8.76. The van der Waals surface area contributed by atoms with Gasteiger partial charge in [0.05, 0.1) is 5.75 Å². The molecule has 0 unspecified atom stereocenters. The molecule has 0 spiro atoms. The van der Waals surface area contributed by atoms with Crippen molar-refractivity contribution < 1.29 is 35.1 Å². The van der Waals surface area contributed by atoms with Crippen LogP contribution in [0.1, 0.15) is 5.56 Å². The fraction of sp³-hybridized carbons (Fsp3) is 0.333. The van der Waals surface area contributed by atoms with Gasteiger partial charge < -0.3 is 0 Å². The lowest BCUT2D eigenvalue weighted by atomic mass is 10.2. The first-order chi connectivity index (χ1) is 8.65. The highest BCUT2D eigenvalue weighted by atomic mass is 33.1. The van der Waals surface area contributed by atoms with Crippen LogP contribution in [0.2, 0.25) is 0 Å². The monoisotopic (exact) mass is 328 g/mol. The second-order valence-corrected chi connectivity index (χ2v) is 5.65. The van der Waals surface area contributed by atoms with E-state index in [2.05, 4.69) is 0 Å². The van der Waals surface area contributed by atoms with Crippen LogP contribution < -0.4 is 0 Å². The number of rotatable bonds is 4. The van der Waals surface area contributed by atoms with Crippen molar-refractivity contribution in [1.82, 2.24) is 0 Å². The second kappa shape index (κ2) is 6.21. The molecule has 0 saturated heterocycles. The summed E-state index contributed by atoms with van der Waals surface area (Å²) in [6.07, 6.45) is -4.48. The summed E-state index contributed by atoms with van der Waals surface area (Å²) in [7, 11) is 0.554. The summed E-state index contributed by atoms with van der Waals surface area (Å²) >= 11 is 0. The maximum absolute atomic E-state index is 13.1. The Hall–Kier alpha value is -0.640. The SMILES string of the molecule is Fc1c(F)c(F)c(CSSCC(F)(F)F)c(F)c1F. The normalized spacial score (nSPS) is 12.0. The van der Waals surface area contributed by atoms with Gasteiger partial charge in [-0.1, -0.05) is 21.6 Å². The Kier molecular flexibility index (Phi) is 5.36. The fourth-order valence-corrected chi connectivity index (χ4v) is 2.91. The van der Waals surface area contributed by atoms with E-state index in [1.54, 1.807) is 0 Å². The Morgan fingerprint density at radius 2 is 1.11 bits per heavy atom. The lowest BCUT2D eigenvalue weighted by Gasteiger charge is -2.08. The number of benzene rings is 1. The lowest BCUT2D eigenvalue weighted by molar-refractivity contribution is -0.104. The van der Waals surface area contributed by atoms with Crippen LogP contribution in [0.5, 0.6) is 0 Å². The van der Waals surface area contributed by atoms with Crippen LogP contribution in [0.3, 0.4) is 0 Å². The molecule has 1 aromatic rings. The van der Waals surface area contributed by atoms with Crippen LogP contribution >= 0.6 is 21.6 Å². The summed E-state index contributed by atoms with van der Waals surface area (Å²) < 4.78 is 99.6. The molecule has 19 heavy (non-hydrogen) atoms. The average molecular weight is 328 g/mol. The molecular formula is C9H4F8S2. The van der Waals surface area contributed by atoms with Gasteiger partial charge in [-0.05, 0) is 0 Å². The van der Waals surface area contributed by atoms with Gasteiger partial charge in [0, 0.05) is 11.3 Å². The molecule has 0 aromatic heterocycles. The Morgan fingerprint density at radius 3 is 1.53 bits per heavy atom.